The molecule has 6 heteroatoms. The van der Waals surface area contributed by atoms with Gasteiger partial charge in [0.1, 0.15) is 0 Å². The standard InChI is InChI=1S/C16H24N2O4/c19-14-9-18(13-7-2-1-6-12(13)17-14)15(20)10-4-3-5-11(8-10)16(21)22/h10-13H,1-9H2,(H,17,19)(H,21,22). The summed E-state index contributed by atoms with van der Waals surface area (Å²) >= 11 is 0. The highest BCUT2D eigenvalue weighted by molar-refractivity contribution is 5.88. The van der Waals surface area contributed by atoms with Gasteiger partial charge < -0.3 is 15.3 Å². The van der Waals surface area contributed by atoms with Gasteiger partial charge in [-0.1, -0.05) is 19.3 Å². The van der Waals surface area contributed by atoms with E-state index in [9.17, 15) is 19.5 Å². The van der Waals surface area contributed by atoms with Crippen LogP contribution in [0.2, 0.25) is 0 Å². The summed E-state index contributed by atoms with van der Waals surface area (Å²) in [6.45, 7) is 0.133. The molecule has 2 aliphatic carbocycles. The molecule has 1 saturated heterocycles. The Labute approximate surface area is 130 Å². The number of carboxylic acid groups (broad SMARTS) is 1. The van der Waals surface area contributed by atoms with E-state index in [1.54, 1.807) is 4.90 Å². The van der Waals surface area contributed by atoms with Crippen LogP contribution in [0.25, 0.3) is 0 Å². The molecule has 4 unspecified atom stereocenters. The van der Waals surface area contributed by atoms with E-state index in [2.05, 4.69) is 5.32 Å². The van der Waals surface area contributed by atoms with Crippen molar-refractivity contribution in [1.29, 1.82) is 0 Å². The fraction of sp³-hybridized carbons (Fsp3) is 0.812. The topological polar surface area (TPSA) is 86.7 Å². The lowest BCUT2D eigenvalue weighted by Crippen LogP contribution is -2.63. The lowest BCUT2D eigenvalue weighted by molar-refractivity contribution is -0.151. The summed E-state index contributed by atoms with van der Waals surface area (Å²) in [6.07, 6.45) is 6.65. The highest BCUT2D eigenvalue weighted by atomic mass is 16.4. The molecule has 4 atom stereocenters. The molecule has 0 aromatic carbocycles. The maximum absolute atomic E-state index is 12.9. The van der Waals surface area contributed by atoms with Gasteiger partial charge >= 0.3 is 5.97 Å². The van der Waals surface area contributed by atoms with Crippen molar-refractivity contribution in [3.8, 4) is 0 Å². The number of fused-ring (bicyclic) bond motifs is 1. The molecule has 2 saturated carbocycles. The number of nitrogens with one attached hydrogen (secondary N) is 1. The molecule has 6 nitrogen and oxygen atoms in total. The third-order valence-corrected chi connectivity index (χ3v) is 5.45. The van der Waals surface area contributed by atoms with E-state index in [0.717, 1.165) is 38.5 Å². The fourth-order valence-corrected chi connectivity index (χ4v) is 4.29. The van der Waals surface area contributed by atoms with Crippen LogP contribution in [-0.2, 0) is 14.4 Å². The van der Waals surface area contributed by atoms with Crippen molar-refractivity contribution >= 4 is 17.8 Å². The van der Waals surface area contributed by atoms with Crippen molar-refractivity contribution in [2.75, 3.05) is 6.54 Å². The molecular weight excluding hydrogens is 284 g/mol. The van der Waals surface area contributed by atoms with Crippen molar-refractivity contribution in [1.82, 2.24) is 10.2 Å². The van der Waals surface area contributed by atoms with Crippen LogP contribution >= 0.6 is 0 Å². The molecule has 122 valence electrons. The summed E-state index contributed by atoms with van der Waals surface area (Å²) in [7, 11) is 0. The fourth-order valence-electron chi connectivity index (χ4n) is 4.29. The smallest absolute Gasteiger partial charge is 0.306 e. The minimum atomic E-state index is -0.801. The number of aliphatic carboxylic acids is 1. The van der Waals surface area contributed by atoms with E-state index in [-0.39, 0.29) is 36.4 Å². The molecule has 2 N–H and O–H groups in total. The maximum Gasteiger partial charge on any atom is 0.306 e. The molecule has 0 bridgehead atoms. The molecule has 1 aliphatic heterocycles. The van der Waals surface area contributed by atoms with Crippen LogP contribution in [0, 0.1) is 11.8 Å². The van der Waals surface area contributed by atoms with Gasteiger partial charge in [0.05, 0.1) is 18.5 Å². The van der Waals surface area contributed by atoms with E-state index < -0.39 is 11.9 Å². The van der Waals surface area contributed by atoms with Crippen LogP contribution in [0.1, 0.15) is 51.4 Å². The number of piperazine rings is 1. The Morgan fingerprint density at radius 1 is 1.05 bits per heavy atom. The second kappa shape index (κ2) is 6.26. The first kappa shape index (κ1) is 15.3. The van der Waals surface area contributed by atoms with Gasteiger partial charge in [-0.05, 0) is 32.1 Å². The van der Waals surface area contributed by atoms with E-state index in [1.165, 1.54) is 0 Å². The van der Waals surface area contributed by atoms with E-state index >= 15 is 0 Å². The van der Waals surface area contributed by atoms with Gasteiger partial charge in [-0.15, -0.1) is 0 Å². The monoisotopic (exact) mass is 308 g/mol. The zero-order valence-corrected chi connectivity index (χ0v) is 12.8. The van der Waals surface area contributed by atoms with Crippen LogP contribution < -0.4 is 5.32 Å². The zero-order chi connectivity index (χ0) is 15.7. The number of amides is 2. The zero-order valence-electron chi connectivity index (χ0n) is 12.8. The summed E-state index contributed by atoms with van der Waals surface area (Å²) < 4.78 is 0. The number of carboxylic acids is 1. The molecule has 22 heavy (non-hydrogen) atoms. The number of hydrogen-bond donors (Lipinski definition) is 2. The van der Waals surface area contributed by atoms with Crippen LogP contribution in [0.3, 0.4) is 0 Å². The Hall–Kier alpha value is -1.59. The SMILES string of the molecule is O=C1CN(C(=O)C2CCCC(C(=O)O)C2)C2CCCCC2N1. The second-order valence-corrected chi connectivity index (χ2v) is 6.89. The van der Waals surface area contributed by atoms with Gasteiger partial charge in [-0.2, -0.15) is 0 Å². The van der Waals surface area contributed by atoms with Gasteiger partial charge in [0, 0.05) is 12.0 Å². The lowest BCUT2D eigenvalue weighted by Gasteiger charge is -2.45. The summed E-state index contributed by atoms with van der Waals surface area (Å²) in [5.41, 5.74) is 0. The summed E-state index contributed by atoms with van der Waals surface area (Å²) in [4.78, 5) is 37.7. The minimum absolute atomic E-state index is 0.00213. The van der Waals surface area contributed by atoms with Crippen LogP contribution in [0.15, 0.2) is 0 Å². The Balaban J connectivity index is 1.72. The van der Waals surface area contributed by atoms with E-state index in [4.69, 9.17) is 0 Å². The van der Waals surface area contributed by atoms with E-state index in [0.29, 0.717) is 12.8 Å². The molecule has 2 amide bonds. The Bertz CT molecular complexity index is 479. The van der Waals surface area contributed by atoms with Gasteiger partial charge in [-0.3, -0.25) is 14.4 Å². The highest BCUT2D eigenvalue weighted by Gasteiger charge is 2.42. The Morgan fingerprint density at radius 3 is 2.55 bits per heavy atom. The summed E-state index contributed by atoms with van der Waals surface area (Å²) in [6, 6.07) is 0.182. The van der Waals surface area contributed by atoms with Crippen molar-refractivity contribution in [2.24, 2.45) is 11.8 Å². The van der Waals surface area contributed by atoms with Crippen molar-refractivity contribution in [2.45, 2.75) is 63.5 Å². The first-order chi connectivity index (χ1) is 10.6. The predicted octanol–water partition coefficient (Wildman–Crippen LogP) is 1.15. The van der Waals surface area contributed by atoms with Crippen molar-refractivity contribution in [3.63, 3.8) is 0 Å². The summed E-state index contributed by atoms with van der Waals surface area (Å²) in [5, 5.41) is 12.2. The number of carbonyl (C=O) groups is 3. The Morgan fingerprint density at radius 2 is 1.77 bits per heavy atom. The van der Waals surface area contributed by atoms with Crippen LogP contribution in [-0.4, -0.2) is 46.4 Å². The Kier molecular flexibility index (Phi) is 4.36. The molecule has 1 heterocycles. The largest absolute Gasteiger partial charge is 0.481 e. The third-order valence-electron chi connectivity index (χ3n) is 5.45. The van der Waals surface area contributed by atoms with Gasteiger partial charge in [0.25, 0.3) is 0 Å². The molecule has 0 aromatic heterocycles. The first-order valence-electron chi connectivity index (χ1n) is 8.39. The van der Waals surface area contributed by atoms with Crippen LogP contribution in [0.4, 0.5) is 0 Å². The molecule has 3 aliphatic rings. The normalized spacial score (nSPS) is 35.5. The van der Waals surface area contributed by atoms with Crippen molar-refractivity contribution in [3.05, 3.63) is 0 Å². The number of hydrogen-bond acceptors (Lipinski definition) is 3. The van der Waals surface area contributed by atoms with Gasteiger partial charge in [0.2, 0.25) is 11.8 Å². The van der Waals surface area contributed by atoms with Gasteiger partial charge in [-0.25, -0.2) is 0 Å². The minimum Gasteiger partial charge on any atom is -0.481 e. The van der Waals surface area contributed by atoms with Crippen molar-refractivity contribution < 1.29 is 19.5 Å². The second-order valence-electron chi connectivity index (χ2n) is 6.89. The molecule has 3 rings (SSSR count). The quantitative estimate of drug-likeness (QED) is 0.801. The predicted molar refractivity (Wildman–Crippen MR) is 79.0 cm³/mol. The lowest BCUT2D eigenvalue weighted by atomic mass is 9.79. The third kappa shape index (κ3) is 2.96. The summed E-state index contributed by atoms with van der Waals surface area (Å²) in [5.74, 6) is -1.53. The molecule has 0 spiro atoms. The molecule has 0 radical (unpaired) electrons. The highest BCUT2D eigenvalue weighted by Crippen LogP contribution is 2.33. The molecule has 0 aromatic rings. The molecule has 3 fully saturated rings. The van der Waals surface area contributed by atoms with Crippen LogP contribution in [0.5, 0.6) is 0 Å². The average Bonchev–Trinajstić information content (AvgIpc) is 2.53. The maximum atomic E-state index is 12.9. The molecular formula is C16H24N2O4. The average molecular weight is 308 g/mol. The number of rotatable bonds is 2. The first-order valence-corrected chi connectivity index (χ1v) is 8.39. The van der Waals surface area contributed by atoms with Gasteiger partial charge in [0.15, 0.2) is 0 Å². The number of carbonyl (C=O) groups excluding carboxylic acids is 2. The van der Waals surface area contributed by atoms with E-state index in [1.807, 2.05) is 0 Å². The number of nitrogens with zero attached hydrogens (tertiary/aromatic N) is 1.